The van der Waals surface area contributed by atoms with Gasteiger partial charge in [0.05, 0.1) is 19.2 Å². The second-order valence-corrected chi connectivity index (χ2v) is 7.30. The Hall–Kier alpha value is -0.520. The maximum Gasteiger partial charge on any atom is 0.410 e. The molecular weight excluding hydrogens is 280 g/mol. The van der Waals surface area contributed by atoms with Crippen LogP contribution in [0.4, 0.5) is 4.79 Å². The number of carbonyl (C=O) groups excluding carboxylic acids is 1. The van der Waals surface area contributed by atoms with Crippen LogP contribution in [0.1, 0.15) is 40.0 Å². The highest BCUT2D eigenvalue weighted by Gasteiger charge is 2.67. The summed E-state index contributed by atoms with van der Waals surface area (Å²) < 4.78 is 11.6. The van der Waals surface area contributed by atoms with Crippen molar-refractivity contribution >= 4 is 18.5 Å². The highest BCUT2D eigenvalue weighted by atomic mass is 35.5. The minimum absolute atomic E-state index is 0. The molecule has 0 aromatic carbocycles. The molecule has 1 saturated carbocycles. The fraction of sp³-hybridized carbons (Fsp3) is 0.929. The van der Waals surface area contributed by atoms with E-state index in [0.717, 1.165) is 19.3 Å². The second-order valence-electron chi connectivity index (χ2n) is 7.30. The summed E-state index contributed by atoms with van der Waals surface area (Å²) in [5, 5.41) is 0. The van der Waals surface area contributed by atoms with Crippen LogP contribution in [0.15, 0.2) is 0 Å². The van der Waals surface area contributed by atoms with Crippen molar-refractivity contribution < 1.29 is 14.3 Å². The number of hydrogen-bond donors (Lipinski definition) is 1. The van der Waals surface area contributed by atoms with E-state index in [1.165, 1.54) is 0 Å². The maximum absolute atomic E-state index is 12.0. The monoisotopic (exact) mass is 304 g/mol. The summed E-state index contributed by atoms with van der Waals surface area (Å²) in [6.07, 6.45) is 3.42. The summed E-state index contributed by atoms with van der Waals surface area (Å²) in [5.41, 5.74) is 5.46. The molecule has 2 bridgehead atoms. The zero-order chi connectivity index (χ0) is 13.9. The van der Waals surface area contributed by atoms with Gasteiger partial charge in [-0.2, -0.15) is 0 Å². The molecule has 2 saturated heterocycles. The van der Waals surface area contributed by atoms with Gasteiger partial charge in [0.25, 0.3) is 0 Å². The number of halogens is 1. The third kappa shape index (κ3) is 2.20. The maximum atomic E-state index is 12.0. The Kier molecular flexibility index (Phi) is 3.77. The molecule has 2 heterocycles. The zero-order valence-electron chi connectivity index (χ0n) is 12.5. The van der Waals surface area contributed by atoms with Gasteiger partial charge in [0.1, 0.15) is 11.2 Å². The van der Waals surface area contributed by atoms with Crippen LogP contribution in [0.25, 0.3) is 0 Å². The van der Waals surface area contributed by atoms with Crippen molar-refractivity contribution in [3.8, 4) is 0 Å². The topological polar surface area (TPSA) is 64.8 Å². The largest absolute Gasteiger partial charge is 0.444 e. The molecular formula is C14H25ClN2O3. The number of nitrogens with two attached hydrogens (primary N) is 1. The van der Waals surface area contributed by atoms with Gasteiger partial charge in [-0.15, -0.1) is 12.4 Å². The van der Waals surface area contributed by atoms with Crippen molar-refractivity contribution in [2.24, 2.45) is 11.1 Å². The van der Waals surface area contributed by atoms with E-state index in [-0.39, 0.29) is 29.5 Å². The van der Waals surface area contributed by atoms with Gasteiger partial charge in [-0.25, -0.2) is 4.79 Å². The number of likely N-dealkylation sites (tertiary alicyclic amines) is 1. The zero-order valence-corrected chi connectivity index (χ0v) is 13.3. The van der Waals surface area contributed by atoms with E-state index in [1.807, 2.05) is 20.8 Å². The predicted octanol–water partition coefficient (Wildman–Crippen LogP) is 1.93. The fourth-order valence-electron chi connectivity index (χ4n) is 3.84. The average Bonchev–Trinajstić information content (AvgIpc) is 2.79. The smallest absolute Gasteiger partial charge is 0.410 e. The number of ether oxygens (including phenoxy) is 2. The number of hydrogen-bond acceptors (Lipinski definition) is 4. The van der Waals surface area contributed by atoms with Crippen molar-refractivity contribution in [2.75, 3.05) is 19.6 Å². The van der Waals surface area contributed by atoms with Gasteiger partial charge in [-0.3, -0.25) is 0 Å². The molecule has 3 fully saturated rings. The first-order chi connectivity index (χ1) is 8.79. The normalized spacial score (nSPS) is 33.8. The van der Waals surface area contributed by atoms with Crippen LogP contribution in [0.3, 0.4) is 0 Å². The molecule has 0 aromatic rings. The molecule has 0 radical (unpaired) electrons. The lowest BCUT2D eigenvalue weighted by atomic mass is 9.67. The number of carbonyl (C=O) groups is 1. The Balaban J connectivity index is 0.00000147. The fourth-order valence-corrected chi connectivity index (χ4v) is 3.84. The van der Waals surface area contributed by atoms with E-state index in [9.17, 15) is 4.79 Å². The summed E-state index contributed by atoms with van der Waals surface area (Å²) >= 11 is 0. The molecule has 2 aliphatic heterocycles. The minimum atomic E-state index is -0.444. The first kappa shape index (κ1) is 15.9. The summed E-state index contributed by atoms with van der Waals surface area (Å²) in [6, 6.07) is 0. The SMILES string of the molecule is CC(C)(C)OC(=O)N1CC2(C1)OC1CCC2(CN)C1.Cl. The number of fused-ring (bicyclic) bond motifs is 3. The van der Waals surface area contributed by atoms with Crippen LogP contribution >= 0.6 is 12.4 Å². The van der Waals surface area contributed by atoms with Gasteiger partial charge in [0.2, 0.25) is 0 Å². The van der Waals surface area contributed by atoms with E-state index in [4.69, 9.17) is 15.2 Å². The van der Waals surface area contributed by atoms with Crippen LogP contribution in [0.5, 0.6) is 0 Å². The number of rotatable bonds is 1. The van der Waals surface area contributed by atoms with Crippen LogP contribution in [-0.2, 0) is 9.47 Å². The van der Waals surface area contributed by atoms with Crippen molar-refractivity contribution in [1.82, 2.24) is 4.90 Å². The first-order valence-corrected chi connectivity index (χ1v) is 7.15. The van der Waals surface area contributed by atoms with Crippen molar-refractivity contribution in [1.29, 1.82) is 0 Å². The highest BCUT2D eigenvalue weighted by Crippen LogP contribution is 2.59. The van der Waals surface area contributed by atoms with E-state index in [0.29, 0.717) is 25.7 Å². The Morgan fingerprint density at radius 2 is 2.10 bits per heavy atom. The summed E-state index contributed by atoms with van der Waals surface area (Å²) in [6.45, 7) is 7.58. The summed E-state index contributed by atoms with van der Waals surface area (Å²) in [7, 11) is 0. The summed E-state index contributed by atoms with van der Waals surface area (Å²) in [5.74, 6) is 0. The van der Waals surface area contributed by atoms with E-state index < -0.39 is 5.60 Å². The Morgan fingerprint density at radius 3 is 2.60 bits per heavy atom. The predicted molar refractivity (Wildman–Crippen MR) is 78.0 cm³/mol. The molecule has 2 atom stereocenters. The lowest BCUT2D eigenvalue weighted by molar-refractivity contribution is -0.191. The van der Waals surface area contributed by atoms with Gasteiger partial charge < -0.3 is 20.1 Å². The molecule has 5 nitrogen and oxygen atoms in total. The highest BCUT2D eigenvalue weighted by molar-refractivity contribution is 5.85. The lowest BCUT2D eigenvalue weighted by Gasteiger charge is -2.56. The van der Waals surface area contributed by atoms with Crippen molar-refractivity contribution in [3.63, 3.8) is 0 Å². The van der Waals surface area contributed by atoms with Crippen molar-refractivity contribution in [3.05, 3.63) is 0 Å². The van der Waals surface area contributed by atoms with Crippen LogP contribution in [0, 0.1) is 5.41 Å². The van der Waals surface area contributed by atoms with Crippen LogP contribution < -0.4 is 5.73 Å². The second kappa shape index (κ2) is 4.75. The van der Waals surface area contributed by atoms with E-state index >= 15 is 0 Å². The standard InChI is InChI=1S/C14H24N2O3.ClH/c1-12(2,3)19-11(17)16-8-14(9-16)13(7-15)5-4-10(6-13)18-14;/h10H,4-9,15H2,1-3H3;1H. The number of nitrogens with zero attached hydrogens (tertiary/aromatic N) is 1. The van der Waals surface area contributed by atoms with Crippen molar-refractivity contribution in [2.45, 2.75) is 57.3 Å². The van der Waals surface area contributed by atoms with Crippen LogP contribution in [0.2, 0.25) is 0 Å². The van der Waals surface area contributed by atoms with Gasteiger partial charge in [0.15, 0.2) is 0 Å². The van der Waals surface area contributed by atoms with E-state index in [2.05, 4.69) is 0 Å². The van der Waals surface area contributed by atoms with E-state index in [1.54, 1.807) is 4.90 Å². The molecule has 3 rings (SSSR count). The Bertz CT molecular complexity index is 404. The van der Waals surface area contributed by atoms with Gasteiger partial charge >= 0.3 is 6.09 Å². The molecule has 1 spiro atoms. The minimum Gasteiger partial charge on any atom is -0.444 e. The molecule has 20 heavy (non-hydrogen) atoms. The molecule has 6 heteroatoms. The number of amides is 1. The Morgan fingerprint density at radius 1 is 1.45 bits per heavy atom. The quantitative estimate of drug-likeness (QED) is 0.804. The summed E-state index contributed by atoms with van der Waals surface area (Å²) in [4.78, 5) is 13.7. The van der Waals surface area contributed by atoms with Gasteiger partial charge in [0, 0.05) is 12.0 Å². The third-order valence-corrected chi connectivity index (χ3v) is 4.86. The molecule has 1 amide bonds. The van der Waals surface area contributed by atoms with Gasteiger partial charge in [-0.05, 0) is 40.0 Å². The molecule has 2 N–H and O–H groups in total. The molecule has 1 aliphatic carbocycles. The van der Waals surface area contributed by atoms with Gasteiger partial charge in [-0.1, -0.05) is 0 Å². The first-order valence-electron chi connectivity index (χ1n) is 7.15. The molecule has 116 valence electrons. The lowest BCUT2D eigenvalue weighted by Crippen LogP contribution is -2.72. The molecule has 2 unspecified atom stereocenters. The van der Waals surface area contributed by atoms with Crippen LogP contribution in [-0.4, -0.2) is 47.9 Å². The third-order valence-electron chi connectivity index (χ3n) is 4.86. The molecule has 0 aromatic heterocycles. The Labute approximate surface area is 126 Å². The average molecular weight is 305 g/mol. The molecule has 3 aliphatic rings.